The molecule has 0 fully saturated rings. The number of nitrogens with one attached hydrogen (secondary N) is 2. The van der Waals surface area contributed by atoms with Gasteiger partial charge in [0.25, 0.3) is 0 Å². The number of H-pyrrole nitrogens is 1. The van der Waals surface area contributed by atoms with Gasteiger partial charge >= 0.3 is 0 Å². The number of hydrogen-bond acceptors (Lipinski definition) is 3. The number of aliphatic hydroxyl groups excluding tert-OH is 1. The van der Waals surface area contributed by atoms with Crippen molar-refractivity contribution in [2.75, 3.05) is 13.2 Å². The maximum Gasteiger partial charge on any atom is 0.233 e. The zero-order valence-corrected chi connectivity index (χ0v) is 12.6. The third-order valence-corrected chi connectivity index (χ3v) is 4.63. The van der Waals surface area contributed by atoms with Crippen molar-refractivity contribution < 1.29 is 9.90 Å². The van der Waals surface area contributed by atoms with Crippen molar-refractivity contribution in [3.05, 3.63) is 30.0 Å². The van der Waals surface area contributed by atoms with Gasteiger partial charge in [0, 0.05) is 28.5 Å². The number of amides is 1. The van der Waals surface area contributed by atoms with Crippen LogP contribution in [0, 0.1) is 6.92 Å². The Bertz CT molecular complexity index is 595. The monoisotopic (exact) mass is 292 g/mol. The number of carbonyl (C=O) groups excluding carboxylic acids is 1. The molecule has 0 aliphatic heterocycles. The molecule has 0 spiro atoms. The Balaban J connectivity index is 2.19. The average molecular weight is 292 g/mol. The van der Waals surface area contributed by atoms with Gasteiger partial charge in [-0.3, -0.25) is 4.79 Å². The van der Waals surface area contributed by atoms with Gasteiger partial charge in [0.2, 0.25) is 5.91 Å². The topological polar surface area (TPSA) is 65.1 Å². The second-order valence-electron chi connectivity index (χ2n) is 4.68. The third-order valence-electron chi connectivity index (χ3n) is 3.22. The molecule has 0 radical (unpaired) electrons. The SMILES string of the molecule is CCC(Sc1c[nH]c2cccc(C)c12)C(=O)NCCO. The van der Waals surface area contributed by atoms with Gasteiger partial charge in [-0.05, 0) is 25.0 Å². The van der Waals surface area contributed by atoms with Crippen LogP contribution in [0.25, 0.3) is 10.9 Å². The first-order valence-electron chi connectivity index (χ1n) is 6.79. The van der Waals surface area contributed by atoms with Gasteiger partial charge in [-0.1, -0.05) is 19.1 Å². The van der Waals surface area contributed by atoms with Crippen molar-refractivity contribution in [1.82, 2.24) is 10.3 Å². The van der Waals surface area contributed by atoms with Crippen LogP contribution < -0.4 is 5.32 Å². The predicted octanol–water partition coefficient (Wildman–Crippen LogP) is 2.46. The van der Waals surface area contributed by atoms with Crippen LogP contribution in [0.1, 0.15) is 18.9 Å². The Morgan fingerprint density at radius 3 is 3.00 bits per heavy atom. The summed E-state index contributed by atoms with van der Waals surface area (Å²) in [4.78, 5) is 16.4. The predicted molar refractivity (Wildman–Crippen MR) is 83.1 cm³/mol. The third kappa shape index (κ3) is 3.16. The summed E-state index contributed by atoms with van der Waals surface area (Å²) in [6, 6.07) is 6.14. The minimum Gasteiger partial charge on any atom is -0.395 e. The van der Waals surface area contributed by atoms with Crippen molar-refractivity contribution in [2.45, 2.75) is 30.4 Å². The maximum atomic E-state index is 12.0. The Morgan fingerprint density at radius 2 is 2.30 bits per heavy atom. The van der Waals surface area contributed by atoms with E-state index < -0.39 is 0 Å². The van der Waals surface area contributed by atoms with E-state index in [9.17, 15) is 4.79 Å². The second-order valence-corrected chi connectivity index (χ2v) is 5.92. The minimum atomic E-state index is -0.139. The molecule has 2 aromatic rings. The molecule has 1 unspecified atom stereocenters. The molecule has 1 aromatic carbocycles. The number of aliphatic hydroxyl groups is 1. The zero-order valence-electron chi connectivity index (χ0n) is 11.8. The molecule has 1 aromatic heterocycles. The normalized spacial score (nSPS) is 12.6. The second kappa shape index (κ2) is 6.81. The summed E-state index contributed by atoms with van der Waals surface area (Å²) >= 11 is 1.57. The molecule has 5 heteroatoms. The fourth-order valence-electron chi connectivity index (χ4n) is 2.19. The summed E-state index contributed by atoms with van der Waals surface area (Å²) in [7, 11) is 0. The summed E-state index contributed by atoms with van der Waals surface area (Å²) in [6.07, 6.45) is 2.71. The Labute approximate surface area is 123 Å². The number of rotatable bonds is 6. The minimum absolute atomic E-state index is 0.0190. The molecule has 1 amide bonds. The zero-order chi connectivity index (χ0) is 14.5. The van der Waals surface area contributed by atoms with Gasteiger partial charge in [0.1, 0.15) is 0 Å². The number of aromatic amines is 1. The van der Waals surface area contributed by atoms with E-state index in [0.29, 0.717) is 6.54 Å². The van der Waals surface area contributed by atoms with Gasteiger partial charge in [0.05, 0.1) is 11.9 Å². The summed E-state index contributed by atoms with van der Waals surface area (Å²) in [5.41, 5.74) is 2.30. The van der Waals surface area contributed by atoms with Crippen molar-refractivity contribution in [3.8, 4) is 0 Å². The lowest BCUT2D eigenvalue weighted by molar-refractivity contribution is -0.120. The van der Waals surface area contributed by atoms with E-state index in [2.05, 4.69) is 23.3 Å². The van der Waals surface area contributed by atoms with Crippen LogP contribution in [-0.2, 0) is 4.79 Å². The average Bonchev–Trinajstić information content (AvgIpc) is 2.86. The fraction of sp³-hybridized carbons (Fsp3) is 0.400. The quantitative estimate of drug-likeness (QED) is 0.717. The van der Waals surface area contributed by atoms with E-state index in [-0.39, 0.29) is 17.8 Å². The molecule has 0 bridgehead atoms. The Hall–Kier alpha value is -1.46. The van der Waals surface area contributed by atoms with Gasteiger partial charge in [-0.15, -0.1) is 11.8 Å². The molecule has 0 saturated carbocycles. The summed E-state index contributed by atoms with van der Waals surface area (Å²) < 4.78 is 0. The van der Waals surface area contributed by atoms with Crippen LogP contribution in [0.2, 0.25) is 0 Å². The molecule has 1 heterocycles. The van der Waals surface area contributed by atoms with Crippen LogP contribution in [0.5, 0.6) is 0 Å². The van der Waals surface area contributed by atoms with Crippen molar-refractivity contribution >= 4 is 28.6 Å². The smallest absolute Gasteiger partial charge is 0.233 e. The first kappa shape index (κ1) is 14.9. The molecule has 1 atom stereocenters. The van der Waals surface area contributed by atoms with Gasteiger partial charge in [-0.25, -0.2) is 0 Å². The van der Waals surface area contributed by atoms with Crippen molar-refractivity contribution in [3.63, 3.8) is 0 Å². The van der Waals surface area contributed by atoms with Crippen LogP contribution in [0.3, 0.4) is 0 Å². The molecule has 4 nitrogen and oxygen atoms in total. The van der Waals surface area contributed by atoms with Crippen LogP contribution in [0.4, 0.5) is 0 Å². The molecule has 2 rings (SSSR count). The lowest BCUT2D eigenvalue weighted by Crippen LogP contribution is -2.34. The van der Waals surface area contributed by atoms with Crippen LogP contribution in [-0.4, -0.2) is 34.4 Å². The Kier molecular flexibility index (Phi) is 5.09. The van der Waals surface area contributed by atoms with Crippen LogP contribution in [0.15, 0.2) is 29.3 Å². The van der Waals surface area contributed by atoms with E-state index in [1.54, 1.807) is 11.8 Å². The first-order valence-corrected chi connectivity index (χ1v) is 7.67. The van der Waals surface area contributed by atoms with Crippen molar-refractivity contribution in [1.29, 1.82) is 0 Å². The summed E-state index contributed by atoms with van der Waals surface area (Å²) in [5, 5.41) is 12.6. The van der Waals surface area contributed by atoms with E-state index >= 15 is 0 Å². The summed E-state index contributed by atoms with van der Waals surface area (Å²) in [5.74, 6) is -0.0190. The molecular formula is C15H20N2O2S. The first-order chi connectivity index (χ1) is 9.67. The molecule has 108 valence electrons. The standard InChI is InChI=1S/C15H20N2O2S/c1-3-12(15(19)16-7-8-18)20-13-9-17-11-6-4-5-10(2)14(11)13/h4-6,9,12,17-18H,3,7-8H2,1-2H3,(H,16,19). The maximum absolute atomic E-state index is 12.0. The lowest BCUT2D eigenvalue weighted by Gasteiger charge is -2.14. The molecule has 3 N–H and O–H groups in total. The number of hydrogen-bond donors (Lipinski definition) is 3. The number of carbonyl (C=O) groups is 1. The number of benzene rings is 1. The lowest BCUT2D eigenvalue weighted by atomic mass is 10.1. The molecule has 0 aliphatic rings. The van der Waals surface area contributed by atoms with Gasteiger partial charge in [-0.2, -0.15) is 0 Å². The number of aromatic nitrogens is 1. The molecular weight excluding hydrogens is 272 g/mol. The van der Waals surface area contributed by atoms with E-state index in [1.807, 2.05) is 25.3 Å². The highest BCUT2D eigenvalue weighted by molar-refractivity contribution is 8.00. The van der Waals surface area contributed by atoms with E-state index in [4.69, 9.17) is 5.11 Å². The number of aryl methyl sites for hydroxylation is 1. The van der Waals surface area contributed by atoms with Crippen molar-refractivity contribution in [2.24, 2.45) is 0 Å². The van der Waals surface area contributed by atoms with Gasteiger partial charge in [0.15, 0.2) is 0 Å². The van der Waals surface area contributed by atoms with E-state index in [0.717, 1.165) is 16.8 Å². The molecule has 20 heavy (non-hydrogen) atoms. The highest BCUT2D eigenvalue weighted by Gasteiger charge is 2.19. The Morgan fingerprint density at radius 1 is 1.50 bits per heavy atom. The fourth-order valence-corrected chi connectivity index (χ4v) is 3.37. The van der Waals surface area contributed by atoms with E-state index in [1.165, 1.54) is 10.9 Å². The summed E-state index contributed by atoms with van der Waals surface area (Å²) in [6.45, 7) is 4.35. The highest BCUT2D eigenvalue weighted by Crippen LogP contribution is 2.33. The number of thioether (sulfide) groups is 1. The highest BCUT2D eigenvalue weighted by atomic mass is 32.2. The van der Waals surface area contributed by atoms with Crippen LogP contribution >= 0.6 is 11.8 Å². The molecule has 0 saturated heterocycles. The van der Waals surface area contributed by atoms with Gasteiger partial charge < -0.3 is 15.4 Å². The largest absolute Gasteiger partial charge is 0.395 e. The molecule has 0 aliphatic carbocycles. The number of fused-ring (bicyclic) bond motifs is 1.